The van der Waals surface area contributed by atoms with Crippen molar-refractivity contribution in [3.8, 4) is 11.1 Å². The minimum atomic E-state index is -3.51. The highest BCUT2D eigenvalue weighted by Gasteiger charge is 2.30. The molecule has 0 spiro atoms. The van der Waals surface area contributed by atoms with Crippen LogP contribution in [0.2, 0.25) is 0 Å². The van der Waals surface area contributed by atoms with E-state index in [0.717, 1.165) is 60.8 Å². The lowest BCUT2D eigenvalue weighted by Crippen LogP contribution is -2.48. The first-order valence-corrected chi connectivity index (χ1v) is 17.8. The Kier molecular flexibility index (Phi) is 11.1. The summed E-state index contributed by atoms with van der Waals surface area (Å²) in [7, 11) is -3.51. The molecule has 256 valence electrons. The fourth-order valence-electron chi connectivity index (χ4n) is 6.76. The van der Waals surface area contributed by atoms with Gasteiger partial charge in [0.1, 0.15) is 6.04 Å². The van der Waals surface area contributed by atoms with Crippen LogP contribution in [0.5, 0.6) is 0 Å². The van der Waals surface area contributed by atoms with E-state index in [9.17, 15) is 22.8 Å². The molecule has 2 amide bonds. The van der Waals surface area contributed by atoms with Gasteiger partial charge >= 0.3 is 0 Å². The van der Waals surface area contributed by atoms with Gasteiger partial charge in [-0.05, 0) is 110 Å². The second-order valence-electron chi connectivity index (χ2n) is 12.8. The molecule has 2 fully saturated rings. The van der Waals surface area contributed by atoms with E-state index in [-0.39, 0.29) is 42.1 Å². The summed E-state index contributed by atoms with van der Waals surface area (Å²) in [5.41, 5.74) is 10.2. The number of nitrogens with zero attached hydrogens (tertiary/aromatic N) is 1. The molecule has 1 aromatic heterocycles. The summed E-state index contributed by atoms with van der Waals surface area (Å²) in [5, 5.41) is 11.8. The van der Waals surface area contributed by atoms with Gasteiger partial charge in [0.05, 0.1) is 15.8 Å². The van der Waals surface area contributed by atoms with Gasteiger partial charge in [-0.1, -0.05) is 30.3 Å². The quantitative estimate of drug-likeness (QED) is 0.164. The largest absolute Gasteiger partial charge is 0.344 e. The van der Waals surface area contributed by atoms with Crippen LogP contribution in [0.3, 0.4) is 0 Å². The Morgan fingerprint density at radius 1 is 0.958 bits per heavy atom. The van der Waals surface area contributed by atoms with Crippen molar-refractivity contribution in [3.63, 3.8) is 0 Å². The molecule has 6 N–H and O–H groups in total. The highest BCUT2D eigenvalue weighted by molar-refractivity contribution is 7.89. The minimum Gasteiger partial charge on any atom is -0.344 e. The molecule has 0 unspecified atom stereocenters. The molecule has 1 atom stereocenters. The number of nitrogens with two attached hydrogens (primary N) is 1. The van der Waals surface area contributed by atoms with E-state index in [4.69, 9.17) is 5.73 Å². The van der Waals surface area contributed by atoms with Gasteiger partial charge in [-0.2, -0.15) is 4.31 Å². The number of aromatic nitrogens is 2. The van der Waals surface area contributed by atoms with Crippen molar-refractivity contribution in [2.24, 2.45) is 17.6 Å². The summed E-state index contributed by atoms with van der Waals surface area (Å²) in [4.78, 5) is 39.2. The van der Waals surface area contributed by atoms with Crippen LogP contribution in [-0.4, -0.2) is 60.4 Å². The zero-order valence-corrected chi connectivity index (χ0v) is 28.6. The lowest BCUT2D eigenvalue weighted by molar-refractivity contribution is -0.130. The Morgan fingerprint density at radius 3 is 2.33 bits per heavy atom. The summed E-state index contributed by atoms with van der Waals surface area (Å²) >= 11 is 0. The Morgan fingerprint density at radius 2 is 1.67 bits per heavy atom. The molecule has 6 rings (SSSR count). The first-order chi connectivity index (χ1) is 22.6. The fraction of sp³-hybridized carbons (Fsp3) is 0.400. The van der Waals surface area contributed by atoms with E-state index in [2.05, 4.69) is 20.8 Å². The van der Waals surface area contributed by atoms with E-state index in [1.165, 1.54) is 0 Å². The Labute approximate surface area is 286 Å². The molecule has 1 saturated heterocycles. The SMILES string of the molecule is Cc1cc(S(=O)(=O)N2CCCC2)ccc1-c1ccc(C[C@H](NC(=O)[C@H]2CC[C@H](CN)CC2)C(=O)Nc2ccc3c(=O)[nH][nH]c3c2)cc1.Cl. The van der Waals surface area contributed by atoms with Crippen molar-refractivity contribution in [1.82, 2.24) is 19.8 Å². The third kappa shape index (κ3) is 7.67. The fourth-order valence-corrected chi connectivity index (χ4v) is 8.36. The van der Waals surface area contributed by atoms with Crippen molar-refractivity contribution >= 4 is 50.8 Å². The number of aromatic amines is 2. The van der Waals surface area contributed by atoms with Crippen LogP contribution in [0.25, 0.3) is 22.0 Å². The third-order valence-electron chi connectivity index (χ3n) is 9.63. The number of anilines is 1. The lowest BCUT2D eigenvalue weighted by atomic mass is 9.81. The van der Waals surface area contributed by atoms with Gasteiger partial charge in [-0.25, -0.2) is 8.42 Å². The summed E-state index contributed by atoms with van der Waals surface area (Å²) in [6, 6.07) is 17.1. The van der Waals surface area contributed by atoms with E-state index in [0.29, 0.717) is 47.0 Å². The summed E-state index contributed by atoms with van der Waals surface area (Å²) in [6.07, 6.45) is 5.31. The number of H-pyrrole nitrogens is 2. The maximum absolute atomic E-state index is 13.6. The lowest BCUT2D eigenvalue weighted by Gasteiger charge is -2.28. The number of carbonyl (C=O) groups is 2. The average molecular weight is 695 g/mol. The van der Waals surface area contributed by atoms with Crippen molar-refractivity contribution in [1.29, 1.82) is 0 Å². The average Bonchev–Trinajstić information content (AvgIpc) is 3.76. The Balaban J connectivity index is 0.00000451. The number of hydrogen-bond acceptors (Lipinski definition) is 6. The number of amides is 2. The predicted molar refractivity (Wildman–Crippen MR) is 190 cm³/mol. The number of halogens is 1. The second-order valence-corrected chi connectivity index (χ2v) is 14.8. The molecule has 2 aliphatic rings. The molecule has 4 aromatic rings. The summed E-state index contributed by atoms with van der Waals surface area (Å²) in [5.74, 6) is -0.235. The molecule has 11 nitrogen and oxygen atoms in total. The molecule has 0 bridgehead atoms. The number of sulfonamides is 1. The maximum atomic E-state index is 13.6. The van der Waals surface area contributed by atoms with Gasteiger partial charge < -0.3 is 16.4 Å². The predicted octanol–water partition coefficient (Wildman–Crippen LogP) is 4.47. The van der Waals surface area contributed by atoms with Crippen LogP contribution >= 0.6 is 12.4 Å². The zero-order valence-electron chi connectivity index (χ0n) is 27.0. The van der Waals surface area contributed by atoms with Crippen molar-refractivity contribution < 1.29 is 18.0 Å². The van der Waals surface area contributed by atoms with Gasteiger partial charge in [0.15, 0.2) is 0 Å². The van der Waals surface area contributed by atoms with Gasteiger partial charge in [0, 0.05) is 31.1 Å². The van der Waals surface area contributed by atoms with Crippen LogP contribution in [-0.2, 0) is 26.0 Å². The van der Waals surface area contributed by atoms with Gasteiger partial charge in [-0.15, -0.1) is 12.4 Å². The summed E-state index contributed by atoms with van der Waals surface area (Å²) in [6.45, 7) is 3.64. The van der Waals surface area contributed by atoms with Crippen LogP contribution in [0, 0.1) is 18.8 Å². The molecule has 0 radical (unpaired) electrons. The van der Waals surface area contributed by atoms with Crippen molar-refractivity contribution in [3.05, 3.63) is 82.1 Å². The first kappa shape index (κ1) is 35.3. The van der Waals surface area contributed by atoms with E-state index in [1.54, 1.807) is 34.6 Å². The van der Waals surface area contributed by atoms with Crippen molar-refractivity contribution in [2.45, 2.75) is 62.8 Å². The highest BCUT2D eigenvalue weighted by Crippen LogP contribution is 2.30. The molecule has 3 aromatic carbocycles. The molecule has 48 heavy (non-hydrogen) atoms. The maximum Gasteiger partial charge on any atom is 0.271 e. The number of benzene rings is 3. The molecule has 1 aliphatic carbocycles. The molecular weight excluding hydrogens is 652 g/mol. The van der Waals surface area contributed by atoms with Crippen molar-refractivity contribution in [2.75, 3.05) is 25.0 Å². The molecule has 1 saturated carbocycles. The van der Waals surface area contributed by atoms with E-state index >= 15 is 0 Å². The second kappa shape index (κ2) is 15.1. The van der Waals surface area contributed by atoms with Crippen LogP contribution in [0.1, 0.15) is 49.7 Å². The molecular formula is C35H43ClN6O5S. The topological polar surface area (TPSA) is 170 Å². The van der Waals surface area contributed by atoms with E-state index < -0.39 is 16.1 Å². The number of aryl methyl sites for hydroxylation is 1. The Hall–Kier alpha value is -3.97. The molecule has 13 heteroatoms. The number of nitrogens with one attached hydrogen (secondary N) is 4. The normalized spacial score (nSPS) is 19.0. The van der Waals surface area contributed by atoms with Gasteiger partial charge in [-0.3, -0.25) is 24.6 Å². The van der Waals surface area contributed by atoms with Gasteiger partial charge in [0.25, 0.3) is 5.56 Å². The zero-order chi connectivity index (χ0) is 33.1. The highest BCUT2D eigenvalue weighted by atomic mass is 35.5. The monoisotopic (exact) mass is 694 g/mol. The standard InChI is InChI=1S/C35H42N6O5S.ClH/c1-22-18-28(47(45,46)41-16-2-3-17-41)13-15-29(22)25-8-4-23(5-9-25)19-32(38-33(42)26-10-6-24(21-36)7-11-26)35(44)37-27-12-14-30-31(20-27)39-40-34(30)43;/h4-5,8-9,12-15,18,20,24,26,32H,2-3,6-7,10-11,16-17,19,21,36H2,1H3,(H,37,44)(H,38,42)(H2,39,40,43);1H/t24-,26-,32-;/m0./s1. The molecule has 1 aliphatic heterocycles. The smallest absolute Gasteiger partial charge is 0.271 e. The van der Waals surface area contributed by atoms with Crippen LogP contribution in [0.4, 0.5) is 5.69 Å². The van der Waals surface area contributed by atoms with Crippen LogP contribution < -0.4 is 21.9 Å². The number of hydrogen-bond donors (Lipinski definition) is 5. The Bertz CT molecular complexity index is 1930. The number of carbonyl (C=O) groups excluding carboxylic acids is 2. The minimum absolute atomic E-state index is 0. The summed E-state index contributed by atoms with van der Waals surface area (Å²) < 4.78 is 27.7. The van der Waals surface area contributed by atoms with Crippen LogP contribution in [0.15, 0.2) is 70.4 Å². The van der Waals surface area contributed by atoms with E-state index in [1.807, 2.05) is 37.3 Å². The van der Waals surface area contributed by atoms with Gasteiger partial charge in [0.2, 0.25) is 21.8 Å². The third-order valence-corrected chi connectivity index (χ3v) is 11.5. The number of fused-ring (bicyclic) bond motifs is 1. The molecule has 2 heterocycles. The number of rotatable bonds is 10. The first-order valence-electron chi connectivity index (χ1n) is 16.3.